The Labute approximate surface area is 329 Å². The number of nitrogens with one attached hydrogen (secondary N) is 4. The number of primary amides is 1. The van der Waals surface area contributed by atoms with E-state index >= 15 is 0 Å². The molecular formula is C39H47N9O9. The van der Waals surface area contributed by atoms with Gasteiger partial charge in [-0.05, 0) is 36.5 Å². The van der Waals surface area contributed by atoms with E-state index in [4.69, 9.17) is 19.9 Å². The molecule has 18 heteroatoms. The summed E-state index contributed by atoms with van der Waals surface area (Å²) in [6, 6.07) is 24.5. The molecule has 18 nitrogen and oxygen atoms in total. The molecule has 0 bridgehead atoms. The maximum Gasteiger partial charge on any atom is 0.416 e. The molecule has 0 aromatic heterocycles. The number of nitrogens with two attached hydrogens (primary N) is 1. The average molecular weight is 786 g/mol. The number of carbonyl (C=O) groups excluding carboxylic acids is 6. The first-order valence-corrected chi connectivity index (χ1v) is 18.2. The lowest BCUT2D eigenvalue weighted by Gasteiger charge is -2.30. The van der Waals surface area contributed by atoms with Crippen LogP contribution in [0.25, 0.3) is 0 Å². The van der Waals surface area contributed by atoms with Gasteiger partial charge in [0.2, 0.25) is 17.8 Å². The first kappa shape index (κ1) is 42.8. The molecule has 57 heavy (non-hydrogen) atoms. The quantitative estimate of drug-likeness (QED) is 0.0657. The van der Waals surface area contributed by atoms with Crippen LogP contribution < -0.4 is 27.0 Å². The number of urea groups is 1. The third-order valence-corrected chi connectivity index (χ3v) is 8.42. The summed E-state index contributed by atoms with van der Waals surface area (Å²) < 4.78 is 16.3. The summed E-state index contributed by atoms with van der Waals surface area (Å²) in [5.41, 5.74) is 7.37. The monoisotopic (exact) mass is 785 g/mol. The molecule has 0 saturated heterocycles. The number of alkyl carbamates (subject to hydrolysis) is 2. The molecule has 3 aromatic carbocycles. The number of hydrogen-bond acceptors (Lipinski definition) is 11. The van der Waals surface area contributed by atoms with Crippen molar-refractivity contribution in [2.45, 2.75) is 58.1 Å². The number of likely N-dealkylation sites (N-methyl/N-ethyl adjacent to an activating group) is 1. The van der Waals surface area contributed by atoms with Crippen LogP contribution in [0.15, 0.2) is 101 Å². The minimum absolute atomic E-state index is 0.0118. The Kier molecular flexibility index (Phi) is 16.8. The number of benzene rings is 3. The summed E-state index contributed by atoms with van der Waals surface area (Å²) in [7, 11) is 1.43. The molecule has 4 rings (SSSR count). The molecule has 0 saturated carbocycles. The minimum Gasteiger partial charge on any atom is -0.445 e. The Morgan fingerprint density at radius 1 is 0.860 bits per heavy atom. The van der Waals surface area contributed by atoms with E-state index in [0.29, 0.717) is 0 Å². The van der Waals surface area contributed by atoms with Gasteiger partial charge < -0.3 is 30.2 Å². The third kappa shape index (κ3) is 14.6. The molecule has 0 aliphatic carbocycles. The van der Waals surface area contributed by atoms with Crippen molar-refractivity contribution in [2.24, 2.45) is 15.7 Å². The van der Waals surface area contributed by atoms with Gasteiger partial charge in [0.15, 0.2) is 0 Å². The fourth-order valence-corrected chi connectivity index (χ4v) is 5.40. The van der Waals surface area contributed by atoms with Crippen LogP contribution in [0, 0.1) is 0 Å². The zero-order valence-electron chi connectivity index (χ0n) is 31.7. The molecule has 1 aliphatic heterocycles. The summed E-state index contributed by atoms with van der Waals surface area (Å²) in [6.45, 7) is 1.62. The van der Waals surface area contributed by atoms with Gasteiger partial charge in [0, 0.05) is 32.6 Å². The highest BCUT2D eigenvalue weighted by Gasteiger charge is 2.32. The van der Waals surface area contributed by atoms with E-state index in [1.54, 1.807) is 43.3 Å². The lowest BCUT2D eigenvalue weighted by atomic mass is 10.1. The number of aliphatic imine (C=N–C) groups is 2. The van der Waals surface area contributed by atoms with Gasteiger partial charge in [0.1, 0.15) is 25.9 Å². The van der Waals surface area contributed by atoms with Crippen molar-refractivity contribution in [2.75, 3.05) is 26.7 Å². The summed E-state index contributed by atoms with van der Waals surface area (Å²) in [4.78, 5) is 87.4. The number of amides is 7. The van der Waals surface area contributed by atoms with Crippen molar-refractivity contribution < 1.29 is 43.0 Å². The van der Waals surface area contributed by atoms with Crippen molar-refractivity contribution >= 4 is 48.0 Å². The van der Waals surface area contributed by atoms with Gasteiger partial charge >= 0.3 is 24.3 Å². The fraction of sp³-hybridized carbons (Fsp3) is 0.333. The van der Waals surface area contributed by atoms with Crippen LogP contribution in [-0.4, -0.2) is 96.6 Å². The Morgan fingerprint density at radius 2 is 1.40 bits per heavy atom. The Morgan fingerprint density at radius 3 is 1.93 bits per heavy atom. The van der Waals surface area contributed by atoms with Gasteiger partial charge in [-0.2, -0.15) is 0 Å². The van der Waals surface area contributed by atoms with E-state index in [2.05, 4.69) is 31.3 Å². The largest absolute Gasteiger partial charge is 0.445 e. The second-order valence-corrected chi connectivity index (χ2v) is 12.6. The predicted octanol–water partition coefficient (Wildman–Crippen LogP) is 3.37. The van der Waals surface area contributed by atoms with Gasteiger partial charge in [-0.15, -0.1) is 0 Å². The maximum atomic E-state index is 13.5. The Balaban J connectivity index is 1.45. The Hall–Kier alpha value is -6.98. The van der Waals surface area contributed by atoms with Gasteiger partial charge in [0.25, 0.3) is 5.91 Å². The predicted molar refractivity (Wildman–Crippen MR) is 208 cm³/mol. The topological polar surface area (TPSA) is 235 Å². The first-order chi connectivity index (χ1) is 27.5. The molecule has 3 aromatic rings. The molecule has 1 aliphatic rings. The second kappa shape index (κ2) is 22.4. The number of nitrogens with zero attached hydrogens (tertiary/aromatic N) is 4. The molecule has 7 amide bonds. The summed E-state index contributed by atoms with van der Waals surface area (Å²) in [5, 5.41) is 9.88. The molecule has 302 valence electrons. The average Bonchev–Trinajstić information content (AvgIpc) is 3.21. The number of ether oxygens (including phenoxy) is 3. The molecule has 0 spiro atoms. The van der Waals surface area contributed by atoms with Gasteiger partial charge in [0.05, 0.1) is 6.54 Å². The lowest BCUT2D eigenvalue weighted by molar-refractivity contribution is -0.138. The smallest absolute Gasteiger partial charge is 0.416 e. The molecule has 0 radical (unpaired) electrons. The Bertz CT molecular complexity index is 1880. The van der Waals surface area contributed by atoms with Gasteiger partial charge in [-0.3, -0.25) is 30.5 Å². The molecular weight excluding hydrogens is 738 g/mol. The van der Waals surface area contributed by atoms with Crippen molar-refractivity contribution in [3.8, 4) is 0 Å². The lowest BCUT2D eigenvalue weighted by Crippen LogP contribution is -2.58. The van der Waals surface area contributed by atoms with Crippen molar-refractivity contribution in [3.05, 3.63) is 108 Å². The first-order valence-electron chi connectivity index (χ1n) is 18.2. The molecule has 0 fully saturated rings. The zero-order valence-corrected chi connectivity index (χ0v) is 31.7. The molecule has 2 atom stereocenters. The van der Waals surface area contributed by atoms with E-state index in [0.717, 1.165) is 21.6 Å². The van der Waals surface area contributed by atoms with E-state index in [1.165, 1.54) is 11.9 Å². The minimum atomic E-state index is -0.997. The fourth-order valence-electron chi connectivity index (χ4n) is 5.40. The third-order valence-electron chi connectivity index (χ3n) is 8.42. The normalized spacial score (nSPS) is 14.1. The number of carbonyl (C=O) groups is 6. The number of hydrogen-bond donors (Lipinski definition) is 5. The van der Waals surface area contributed by atoms with Crippen molar-refractivity contribution in [1.82, 2.24) is 31.1 Å². The molecule has 6 N–H and O–H groups in total. The van der Waals surface area contributed by atoms with Crippen molar-refractivity contribution in [3.63, 3.8) is 0 Å². The number of guanidine groups is 2. The highest BCUT2D eigenvalue weighted by molar-refractivity contribution is 6.07. The van der Waals surface area contributed by atoms with Crippen LogP contribution in [0.3, 0.4) is 0 Å². The van der Waals surface area contributed by atoms with Crippen molar-refractivity contribution in [1.29, 1.82) is 0 Å². The van der Waals surface area contributed by atoms with E-state index in [-0.39, 0.29) is 70.6 Å². The second-order valence-electron chi connectivity index (χ2n) is 12.6. The van der Waals surface area contributed by atoms with Crippen LogP contribution in [0.1, 0.15) is 42.9 Å². The van der Waals surface area contributed by atoms with Gasteiger partial charge in [-0.25, -0.2) is 29.1 Å². The summed E-state index contributed by atoms with van der Waals surface area (Å²) >= 11 is 0. The van der Waals surface area contributed by atoms with Gasteiger partial charge in [-0.1, -0.05) is 91.0 Å². The highest BCUT2D eigenvalue weighted by atomic mass is 16.6. The van der Waals surface area contributed by atoms with E-state index < -0.39 is 48.2 Å². The van der Waals surface area contributed by atoms with E-state index in [9.17, 15) is 28.8 Å². The van der Waals surface area contributed by atoms with Crippen LogP contribution in [0.2, 0.25) is 0 Å². The highest BCUT2D eigenvalue weighted by Crippen LogP contribution is 2.12. The summed E-state index contributed by atoms with van der Waals surface area (Å²) in [5.74, 6) is -1.33. The van der Waals surface area contributed by atoms with Crippen LogP contribution >= 0.6 is 0 Å². The van der Waals surface area contributed by atoms with E-state index in [1.807, 2.05) is 54.6 Å². The molecule has 1 unspecified atom stereocenters. The SMILES string of the molecule is CCN(C(=O)OCc1ccccc1)C(=NCCC[C@@H](CC(=O)N(C)C1CN=C(NC(N)=O)NC1=O)NC(=O)OCc1ccccc1)NC(=O)OCc1ccccc1. The number of rotatable bonds is 15. The molecule has 1 heterocycles. The standard InChI is InChI=1S/C39H47N9O9/c1-3-48(39(54)57-26-29-18-11-6-12-19-29)36(46-38(53)56-25-28-16-9-5-10-17-28)41-21-13-20-30(43-37(52)55-24-27-14-7-4-8-15-27)22-32(49)47(2)31-23-42-35(44-33(31)50)45-34(40)51/h4-12,14-19,30-31H,3,13,20-26H2,1-2H3,(H,43,52)(H,41,46,53)(H4,40,42,44,45,50,51)/t30-,31?/m0/s1. The summed E-state index contributed by atoms with van der Waals surface area (Å²) in [6.07, 6.45) is -2.16. The van der Waals surface area contributed by atoms with Crippen LogP contribution in [-0.2, 0) is 43.6 Å². The van der Waals surface area contributed by atoms with Crippen LogP contribution in [0.5, 0.6) is 0 Å². The maximum absolute atomic E-state index is 13.5. The zero-order chi connectivity index (χ0) is 41.0. The van der Waals surface area contributed by atoms with Crippen LogP contribution in [0.4, 0.5) is 19.2 Å².